The first-order valence-electron chi connectivity index (χ1n) is 11.2. The number of thioether (sulfide) groups is 1. The van der Waals surface area contributed by atoms with E-state index in [0.717, 1.165) is 24.9 Å². The van der Waals surface area contributed by atoms with Crippen LogP contribution in [0.3, 0.4) is 0 Å². The number of nitrogens with zero attached hydrogens (tertiary/aromatic N) is 3. The van der Waals surface area contributed by atoms with Gasteiger partial charge in [0.2, 0.25) is 0 Å². The highest BCUT2D eigenvalue weighted by Crippen LogP contribution is 2.47. The number of para-hydroxylation sites is 1. The molecular weight excluding hydrogens is 452 g/mol. The van der Waals surface area contributed by atoms with Crippen LogP contribution in [0.25, 0.3) is 0 Å². The van der Waals surface area contributed by atoms with Crippen LogP contribution in [-0.4, -0.2) is 33.5 Å². The number of benzene rings is 2. The van der Waals surface area contributed by atoms with Crippen LogP contribution in [0.2, 0.25) is 0 Å². The third kappa shape index (κ3) is 4.07. The Morgan fingerprint density at radius 3 is 2.76 bits per heavy atom. The molecule has 1 unspecified atom stereocenters. The highest BCUT2D eigenvalue weighted by Gasteiger charge is 2.32. The summed E-state index contributed by atoms with van der Waals surface area (Å²) in [6, 6.07) is 11.2. The van der Waals surface area contributed by atoms with Crippen molar-refractivity contribution in [2.45, 2.75) is 44.3 Å². The summed E-state index contributed by atoms with van der Waals surface area (Å²) in [7, 11) is 0. The van der Waals surface area contributed by atoms with Crippen molar-refractivity contribution in [3.63, 3.8) is 0 Å². The first kappa shape index (κ1) is 22.2. The van der Waals surface area contributed by atoms with Crippen LogP contribution in [0.15, 0.2) is 57.6 Å². The van der Waals surface area contributed by atoms with Crippen molar-refractivity contribution in [2.75, 3.05) is 10.4 Å². The molecule has 1 amide bonds. The Morgan fingerprint density at radius 1 is 1.21 bits per heavy atom. The molecule has 9 heteroatoms. The molecule has 2 aliphatic heterocycles. The standard InChI is InChI=1S/C25H24N4O4S/c1-14-22(24(31)29(28-14)17-10-9-15-5-2-3-6-16(15)13-17)27-26-19-8-4-7-18(23(19)30)20-11-12-21(34-20)25(32)33/h4,7-10,12-13,20,26,30H,2-3,5-6,11H2,1H3,(H,32,33)/b27-22-. The first-order chi connectivity index (χ1) is 16.4. The molecule has 174 valence electrons. The molecule has 3 N–H and O–H groups in total. The van der Waals surface area contributed by atoms with Crippen molar-refractivity contribution in [1.29, 1.82) is 0 Å². The number of phenolic OH excluding ortho intramolecular Hbond substituents is 1. The minimum Gasteiger partial charge on any atom is -0.505 e. The van der Waals surface area contributed by atoms with Gasteiger partial charge >= 0.3 is 11.9 Å². The molecule has 2 heterocycles. The number of hydrazone groups is 2. The van der Waals surface area contributed by atoms with Gasteiger partial charge in [-0.2, -0.15) is 15.2 Å². The fourth-order valence-corrected chi connectivity index (χ4v) is 5.58. The van der Waals surface area contributed by atoms with Crippen LogP contribution >= 0.6 is 11.8 Å². The summed E-state index contributed by atoms with van der Waals surface area (Å²) in [5, 5.41) is 29.8. The summed E-state index contributed by atoms with van der Waals surface area (Å²) in [5.41, 5.74) is 7.72. The summed E-state index contributed by atoms with van der Waals surface area (Å²) < 4.78 is 0. The largest absolute Gasteiger partial charge is 0.505 e. The zero-order chi connectivity index (χ0) is 23.8. The van der Waals surface area contributed by atoms with Gasteiger partial charge in [-0.05, 0) is 68.4 Å². The normalized spacial score (nSPS) is 20.9. The Morgan fingerprint density at radius 2 is 2.00 bits per heavy atom. The van der Waals surface area contributed by atoms with Crippen LogP contribution in [0, 0.1) is 0 Å². The molecule has 5 rings (SSSR count). The van der Waals surface area contributed by atoms with Crippen LogP contribution in [-0.2, 0) is 22.4 Å². The molecule has 2 aromatic rings. The minimum atomic E-state index is -0.967. The average molecular weight is 477 g/mol. The fraction of sp³-hybridized carbons (Fsp3) is 0.280. The van der Waals surface area contributed by atoms with Gasteiger partial charge in [0.15, 0.2) is 5.71 Å². The molecule has 0 spiro atoms. The van der Waals surface area contributed by atoms with Gasteiger partial charge in [-0.15, -0.1) is 11.8 Å². The number of aryl methyl sites for hydroxylation is 2. The Hall–Kier alpha value is -3.59. The van der Waals surface area contributed by atoms with Gasteiger partial charge in [-0.1, -0.05) is 24.3 Å². The number of anilines is 2. The number of carboxylic acids is 1. The summed E-state index contributed by atoms with van der Waals surface area (Å²) >= 11 is 1.20. The van der Waals surface area contributed by atoms with Crippen molar-refractivity contribution in [2.24, 2.45) is 10.2 Å². The van der Waals surface area contributed by atoms with E-state index in [1.807, 2.05) is 12.1 Å². The quantitative estimate of drug-likeness (QED) is 0.429. The Kier molecular flexibility index (Phi) is 5.87. The van der Waals surface area contributed by atoms with Gasteiger partial charge < -0.3 is 10.2 Å². The van der Waals surface area contributed by atoms with E-state index in [-0.39, 0.29) is 27.5 Å². The Bertz CT molecular complexity index is 1280. The number of fused-ring (bicyclic) bond motifs is 1. The minimum absolute atomic E-state index is 0.0176. The van der Waals surface area contributed by atoms with E-state index in [1.54, 1.807) is 31.2 Å². The molecule has 3 aliphatic rings. The molecule has 0 fully saturated rings. The number of aliphatic carboxylic acids is 1. The molecule has 0 radical (unpaired) electrons. The molecule has 2 aromatic carbocycles. The first-order valence-corrected chi connectivity index (χ1v) is 12.1. The molecule has 34 heavy (non-hydrogen) atoms. The molecule has 1 atom stereocenters. The van der Waals surface area contributed by atoms with E-state index in [9.17, 15) is 19.8 Å². The number of hydrogen-bond donors (Lipinski definition) is 3. The average Bonchev–Trinajstić information content (AvgIpc) is 3.43. The number of carbonyl (C=O) groups is 2. The number of allylic oxidation sites excluding steroid dienone is 1. The van der Waals surface area contributed by atoms with E-state index in [2.05, 4.69) is 21.7 Å². The second kappa shape index (κ2) is 8.98. The maximum atomic E-state index is 13.1. The van der Waals surface area contributed by atoms with Gasteiger partial charge in [-0.3, -0.25) is 10.2 Å². The van der Waals surface area contributed by atoms with Crippen molar-refractivity contribution < 1.29 is 19.8 Å². The van der Waals surface area contributed by atoms with Crippen LogP contribution in [0.1, 0.15) is 48.1 Å². The van der Waals surface area contributed by atoms with Crippen molar-refractivity contribution in [3.05, 3.63) is 64.1 Å². The lowest BCUT2D eigenvalue weighted by atomic mass is 9.91. The number of rotatable bonds is 5. The van der Waals surface area contributed by atoms with Gasteiger partial charge in [0.1, 0.15) is 5.75 Å². The number of nitrogens with one attached hydrogen (secondary N) is 1. The van der Waals surface area contributed by atoms with E-state index in [4.69, 9.17) is 0 Å². The smallest absolute Gasteiger partial charge is 0.341 e. The van der Waals surface area contributed by atoms with Crippen molar-refractivity contribution >= 4 is 46.4 Å². The predicted molar refractivity (Wildman–Crippen MR) is 134 cm³/mol. The summed E-state index contributed by atoms with van der Waals surface area (Å²) in [4.78, 5) is 24.6. The summed E-state index contributed by atoms with van der Waals surface area (Å²) in [5.74, 6) is -1.32. The van der Waals surface area contributed by atoms with Crippen molar-refractivity contribution in [3.8, 4) is 5.75 Å². The Balaban J connectivity index is 1.34. The molecular formula is C25H24N4O4S. The molecule has 1 aliphatic carbocycles. The van der Waals surface area contributed by atoms with E-state index >= 15 is 0 Å². The fourth-order valence-electron chi connectivity index (χ4n) is 4.47. The number of amides is 1. The third-order valence-corrected chi connectivity index (χ3v) is 7.59. The van der Waals surface area contributed by atoms with Gasteiger partial charge in [0.05, 0.1) is 22.0 Å². The molecule has 8 nitrogen and oxygen atoms in total. The molecule has 0 bridgehead atoms. The van der Waals surface area contributed by atoms with E-state index < -0.39 is 5.97 Å². The second-order valence-corrected chi connectivity index (χ2v) is 9.74. The molecule has 0 saturated carbocycles. The second-order valence-electron chi connectivity index (χ2n) is 8.49. The lowest BCUT2D eigenvalue weighted by molar-refractivity contribution is -0.131. The number of phenols is 1. The van der Waals surface area contributed by atoms with Gasteiger partial charge in [0.25, 0.3) is 0 Å². The van der Waals surface area contributed by atoms with Gasteiger partial charge in [-0.25, -0.2) is 4.79 Å². The van der Waals surface area contributed by atoms with Crippen molar-refractivity contribution in [1.82, 2.24) is 0 Å². The lowest BCUT2D eigenvalue weighted by Gasteiger charge is -2.19. The summed E-state index contributed by atoms with van der Waals surface area (Å²) in [6.45, 7) is 1.72. The van der Waals surface area contributed by atoms with Crippen LogP contribution in [0.4, 0.5) is 11.4 Å². The number of aromatic hydroxyl groups is 1. The molecule has 0 aromatic heterocycles. The highest BCUT2D eigenvalue weighted by atomic mass is 32.2. The number of carboxylic acid groups (broad SMARTS) is 1. The molecule has 0 saturated heterocycles. The lowest BCUT2D eigenvalue weighted by Crippen LogP contribution is -2.28. The highest BCUT2D eigenvalue weighted by molar-refractivity contribution is 8.04. The number of carbonyl (C=O) groups excluding carboxylic acids is 1. The maximum Gasteiger partial charge on any atom is 0.341 e. The zero-order valence-electron chi connectivity index (χ0n) is 18.6. The van der Waals surface area contributed by atoms with Crippen LogP contribution < -0.4 is 10.4 Å². The third-order valence-electron chi connectivity index (χ3n) is 6.26. The summed E-state index contributed by atoms with van der Waals surface area (Å²) in [6.07, 6.45) is 6.59. The maximum absolute atomic E-state index is 13.1. The monoisotopic (exact) mass is 476 g/mol. The Labute approximate surface area is 201 Å². The zero-order valence-corrected chi connectivity index (χ0v) is 19.4. The topological polar surface area (TPSA) is 115 Å². The van der Waals surface area contributed by atoms with Gasteiger partial charge in [0, 0.05) is 10.8 Å². The van der Waals surface area contributed by atoms with E-state index in [1.165, 1.54) is 34.3 Å². The van der Waals surface area contributed by atoms with E-state index in [0.29, 0.717) is 23.4 Å². The SMILES string of the molecule is CC1=NN(c2ccc3c(c2)CCCC3)C(=O)/C1=N\Nc1cccc(C2CC=C(C(=O)O)S2)c1O. The predicted octanol–water partition coefficient (Wildman–Crippen LogP) is 4.61. The number of hydrogen-bond acceptors (Lipinski definition) is 7. The van der Waals surface area contributed by atoms with Crippen LogP contribution in [0.5, 0.6) is 5.75 Å².